The van der Waals surface area contributed by atoms with Gasteiger partial charge in [0.05, 0.1) is 0 Å². The van der Waals surface area contributed by atoms with Crippen molar-refractivity contribution in [3.8, 4) is 0 Å². The molecule has 1 N–H and O–H groups in total. The van der Waals surface area contributed by atoms with Crippen molar-refractivity contribution >= 4 is 5.82 Å². The largest absolute Gasteiger partial charge is 0.303 e. The molecule has 1 saturated heterocycles. The third-order valence-corrected chi connectivity index (χ3v) is 2.21. The van der Waals surface area contributed by atoms with Gasteiger partial charge in [-0.05, 0) is 12.8 Å². The molecule has 70 valence electrons. The molecule has 0 spiro atoms. The Labute approximate surface area is 78.0 Å². The number of aromatic nitrogens is 2. The first kappa shape index (κ1) is 8.44. The first-order valence-electron chi connectivity index (χ1n) is 4.73. The van der Waals surface area contributed by atoms with Gasteiger partial charge in [-0.1, -0.05) is 6.42 Å². The van der Waals surface area contributed by atoms with Gasteiger partial charge in [0.1, 0.15) is 12.1 Å². The van der Waals surface area contributed by atoms with Crippen LogP contribution in [0.3, 0.4) is 0 Å². The van der Waals surface area contributed by atoms with E-state index in [-0.39, 0.29) is 0 Å². The molecule has 1 aliphatic heterocycles. The molecule has 0 bridgehead atoms. The molecule has 1 aromatic heterocycles. The molecule has 2 heterocycles. The molecule has 0 aromatic carbocycles. The van der Waals surface area contributed by atoms with Crippen molar-refractivity contribution in [1.82, 2.24) is 15.0 Å². The van der Waals surface area contributed by atoms with Crippen LogP contribution in [0.1, 0.15) is 19.3 Å². The maximum atomic E-state index is 4.11. The van der Waals surface area contributed by atoms with Crippen LogP contribution < -0.4 is 5.43 Å². The lowest BCUT2D eigenvalue weighted by atomic mass is 10.2. The standard InChI is InChI=1S/C9H14N4/c1-2-6-13(7-3-1)12-9-4-5-10-8-11-9/h4-5,8H,1-3,6-7H2,(H,10,11,12). The number of anilines is 1. The van der Waals surface area contributed by atoms with Gasteiger partial charge in [-0.2, -0.15) is 0 Å². The van der Waals surface area contributed by atoms with E-state index in [0.29, 0.717) is 0 Å². The molecule has 0 unspecified atom stereocenters. The van der Waals surface area contributed by atoms with E-state index in [1.54, 1.807) is 12.5 Å². The summed E-state index contributed by atoms with van der Waals surface area (Å²) >= 11 is 0. The molecule has 1 aliphatic rings. The summed E-state index contributed by atoms with van der Waals surface area (Å²) in [6.07, 6.45) is 7.21. The zero-order chi connectivity index (χ0) is 8.93. The Balaban J connectivity index is 1.90. The third-order valence-electron chi connectivity index (χ3n) is 2.21. The van der Waals surface area contributed by atoms with Gasteiger partial charge in [0, 0.05) is 25.4 Å². The highest BCUT2D eigenvalue weighted by molar-refractivity contribution is 5.29. The topological polar surface area (TPSA) is 41.0 Å². The summed E-state index contributed by atoms with van der Waals surface area (Å²) in [6.45, 7) is 2.23. The van der Waals surface area contributed by atoms with Crippen LogP contribution in [0.5, 0.6) is 0 Å². The molecule has 4 heteroatoms. The lowest BCUT2D eigenvalue weighted by Gasteiger charge is -2.27. The second-order valence-corrected chi connectivity index (χ2v) is 3.25. The SMILES string of the molecule is c1cc(NN2CCCCC2)ncn1. The summed E-state index contributed by atoms with van der Waals surface area (Å²) in [4.78, 5) is 7.98. The van der Waals surface area contributed by atoms with Crippen molar-refractivity contribution in [2.45, 2.75) is 19.3 Å². The van der Waals surface area contributed by atoms with Crippen LogP contribution in [0.15, 0.2) is 18.6 Å². The molecular formula is C9H14N4. The number of piperidine rings is 1. The van der Waals surface area contributed by atoms with Crippen LogP contribution in [-0.4, -0.2) is 28.1 Å². The Kier molecular flexibility index (Phi) is 2.72. The second-order valence-electron chi connectivity index (χ2n) is 3.25. The zero-order valence-electron chi connectivity index (χ0n) is 7.61. The van der Waals surface area contributed by atoms with E-state index < -0.39 is 0 Å². The predicted molar refractivity (Wildman–Crippen MR) is 51.1 cm³/mol. The number of hydrogen-bond donors (Lipinski definition) is 1. The monoisotopic (exact) mass is 178 g/mol. The van der Waals surface area contributed by atoms with Crippen LogP contribution >= 0.6 is 0 Å². The summed E-state index contributed by atoms with van der Waals surface area (Å²) in [5.41, 5.74) is 3.26. The van der Waals surface area contributed by atoms with E-state index >= 15 is 0 Å². The third kappa shape index (κ3) is 2.39. The molecule has 0 saturated carbocycles. The van der Waals surface area contributed by atoms with Crippen molar-refractivity contribution in [2.75, 3.05) is 18.5 Å². The Bertz CT molecular complexity index is 243. The highest BCUT2D eigenvalue weighted by Crippen LogP contribution is 2.09. The Morgan fingerprint density at radius 3 is 2.77 bits per heavy atom. The van der Waals surface area contributed by atoms with Gasteiger partial charge >= 0.3 is 0 Å². The van der Waals surface area contributed by atoms with E-state index in [4.69, 9.17) is 0 Å². The van der Waals surface area contributed by atoms with Crippen molar-refractivity contribution < 1.29 is 0 Å². The quantitative estimate of drug-likeness (QED) is 0.741. The average molecular weight is 178 g/mol. The summed E-state index contributed by atoms with van der Waals surface area (Å²) in [6, 6.07) is 1.88. The maximum Gasteiger partial charge on any atom is 0.143 e. The molecule has 0 radical (unpaired) electrons. The number of nitrogens with one attached hydrogen (secondary N) is 1. The highest BCUT2D eigenvalue weighted by Gasteiger charge is 2.09. The number of rotatable bonds is 2. The van der Waals surface area contributed by atoms with Crippen LogP contribution in [0.4, 0.5) is 5.82 Å². The molecule has 4 nitrogen and oxygen atoms in total. The van der Waals surface area contributed by atoms with Crippen molar-refractivity contribution in [3.63, 3.8) is 0 Å². The van der Waals surface area contributed by atoms with E-state index in [1.165, 1.54) is 19.3 Å². The van der Waals surface area contributed by atoms with Crippen LogP contribution in [0.25, 0.3) is 0 Å². The van der Waals surface area contributed by atoms with Gasteiger partial charge in [0.2, 0.25) is 0 Å². The van der Waals surface area contributed by atoms with Crippen molar-refractivity contribution in [3.05, 3.63) is 18.6 Å². The number of nitrogens with zero attached hydrogens (tertiary/aromatic N) is 3. The first-order valence-corrected chi connectivity index (χ1v) is 4.73. The highest BCUT2D eigenvalue weighted by atomic mass is 15.5. The Morgan fingerprint density at radius 2 is 2.08 bits per heavy atom. The molecule has 1 fully saturated rings. The predicted octanol–water partition coefficient (Wildman–Crippen LogP) is 1.29. The molecule has 0 amide bonds. The lowest BCUT2D eigenvalue weighted by molar-refractivity contribution is 0.272. The lowest BCUT2D eigenvalue weighted by Crippen LogP contribution is -2.35. The zero-order valence-corrected chi connectivity index (χ0v) is 7.61. The molecular weight excluding hydrogens is 164 g/mol. The van der Waals surface area contributed by atoms with E-state index in [2.05, 4.69) is 20.4 Å². The van der Waals surface area contributed by atoms with E-state index in [0.717, 1.165) is 18.9 Å². The van der Waals surface area contributed by atoms with Crippen molar-refractivity contribution in [2.24, 2.45) is 0 Å². The fourth-order valence-corrected chi connectivity index (χ4v) is 1.52. The van der Waals surface area contributed by atoms with Crippen LogP contribution in [-0.2, 0) is 0 Å². The fourth-order valence-electron chi connectivity index (χ4n) is 1.52. The van der Waals surface area contributed by atoms with Gasteiger partial charge < -0.3 is 5.43 Å². The van der Waals surface area contributed by atoms with Gasteiger partial charge in [-0.15, -0.1) is 0 Å². The number of hydrogen-bond acceptors (Lipinski definition) is 4. The van der Waals surface area contributed by atoms with Gasteiger partial charge in [0.25, 0.3) is 0 Å². The summed E-state index contributed by atoms with van der Waals surface area (Å²) < 4.78 is 0. The molecule has 2 rings (SSSR count). The van der Waals surface area contributed by atoms with Crippen LogP contribution in [0, 0.1) is 0 Å². The minimum absolute atomic E-state index is 0.886. The first-order chi connectivity index (χ1) is 6.45. The maximum absolute atomic E-state index is 4.11. The molecule has 1 aromatic rings. The smallest absolute Gasteiger partial charge is 0.143 e. The minimum atomic E-state index is 0.886. The molecule has 0 aliphatic carbocycles. The summed E-state index contributed by atoms with van der Waals surface area (Å²) in [5, 5.41) is 2.21. The van der Waals surface area contributed by atoms with Crippen LogP contribution in [0.2, 0.25) is 0 Å². The van der Waals surface area contributed by atoms with Gasteiger partial charge in [0.15, 0.2) is 0 Å². The number of hydrazine groups is 1. The second kappa shape index (κ2) is 4.18. The Hall–Kier alpha value is -1.16. The minimum Gasteiger partial charge on any atom is -0.303 e. The molecule has 0 atom stereocenters. The van der Waals surface area contributed by atoms with E-state index in [1.807, 2.05) is 6.07 Å². The average Bonchev–Trinajstić information content (AvgIpc) is 2.21. The van der Waals surface area contributed by atoms with Crippen molar-refractivity contribution in [1.29, 1.82) is 0 Å². The van der Waals surface area contributed by atoms with Gasteiger partial charge in [-0.25, -0.2) is 15.0 Å². The molecule has 13 heavy (non-hydrogen) atoms. The summed E-state index contributed by atoms with van der Waals surface area (Å²) in [7, 11) is 0. The van der Waals surface area contributed by atoms with Gasteiger partial charge in [-0.3, -0.25) is 0 Å². The fraction of sp³-hybridized carbons (Fsp3) is 0.556. The Morgan fingerprint density at radius 1 is 1.23 bits per heavy atom. The normalized spacial score (nSPS) is 18.5. The van der Waals surface area contributed by atoms with E-state index in [9.17, 15) is 0 Å². The summed E-state index contributed by atoms with van der Waals surface area (Å²) in [5.74, 6) is 0.886.